The summed E-state index contributed by atoms with van der Waals surface area (Å²) in [7, 11) is 0. The van der Waals surface area contributed by atoms with Gasteiger partial charge in [0.05, 0.1) is 0 Å². The average molecular weight is 279 g/mol. The smallest absolute Gasteiger partial charge is 0.453 e. The van der Waals surface area contributed by atoms with Gasteiger partial charge in [0.1, 0.15) is 11.5 Å². The summed E-state index contributed by atoms with van der Waals surface area (Å²) >= 11 is -1.31. The molecule has 0 aromatic heterocycles. The molecule has 0 aliphatic rings. The Labute approximate surface area is 101 Å². The molecule has 0 saturated heterocycles. The Balaban J connectivity index is 3.76. The molecule has 0 amide bonds. The van der Waals surface area contributed by atoms with Crippen LogP contribution in [0.4, 0.5) is 22.0 Å². The Morgan fingerprint density at radius 1 is 0.941 bits per heavy atom. The van der Waals surface area contributed by atoms with Crippen molar-refractivity contribution in [1.29, 1.82) is 0 Å². The summed E-state index contributed by atoms with van der Waals surface area (Å²) in [5, 5.41) is 0. The first kappa shape index (κ1) is 17.0. The van der Waals surface area contributed by atoms with Crippen molar-refractivity contribution in [3.63, 3.8) is 0 Å². The lowest BCUT2D eigenvalue weighted by Crippen LogP contribution is -2.36. The summed E-state index contributed by atoms with van der Waals surface area (Å²) in [5.74, 6) is -4.44. The van der Waals surface area contributed by atoms with E-state index in [0.29, 0.717) is 18.6 Å². The highest BCUT2D eigenvalue weighted by molar-refractivity contribution is 7.91. The highest BCUT2D eigenvalue weighted by Crippen LogP contribution is 2.38. The van der Waals surface area contributed by atoms with E-state index in [1.807, 2.05) is 0 Å². The fourth-order valence-electron chi connectivity index (χ4n) is 1.14. The fourth-order valence-corrected chi connectivity index (χ4v) is 2.34. The van der Waals surface area contributed by atoms with E-state index >= 15 is 0 Å². The SMILES string of the molecule is [CH2]CCCC[S+]([O-])CCCC(F)(F)C(F)(F)F. The highest BCUT2D eigenvalue weighted by Gasteiger charge is 2.56. The normalized spacial score (nSPS) is 15.0. The van der Waals surface area contributed by atoms with E-state index in [9.17, 15) is 26.5 Å². The molecule has 0 spiro atoms. The monoisotopic (exact) mass is 279 g/mol. The van der Waals surface area contributed by atoms with Gasteiger partial charge < -0.3 is 4.55 Å². The van der Waals surface area contributed by atoms with Gasteiger partial charge in [-0.2, -0.15) is 22.0 Å². The third-order valence-electron chi connectivity index (χ3n) is 2.15. The molecule has 17 heavy (non-hydrogen) atoms. The molecule has 1 atom stereocenters. The Bertz CT molecular complexity index is 207. The van der Waals surface area contributed by atoms with Gasteiger partial charge in [0, 0.05) is 6.42 Å². The van der Waals surface area contributed by atoms with Crippen LogP contribution in [0.1, 0.15) is 32.1 Å². The quantitative estimate of drug-likeness (QED) is 0.377. The van der Waals surface area contributed by atoms with Crippen molar-refractivity contribution in [2.24, 2.45) is 0 Å². The van der Waals surface area contributed by atoms with Crippen LogP contribution in [0.25, 0.3) is 0 Å². The molecule has 0 aliphatic heterocycles. The molecule has 0 aromatic carbocycles. The van der Waals surface area contributed by atoms with Gasteiger partial charge in [-0.25, -0.2) is 0 Å². The molecule has 0 heterocycles. The molecule has 0 bridgehead atoms. The van der Waals surface area contributed by atoms with Crippen LogP contribution in [0, 0.1) is 6.92 Å². The topological polar surface area (TPSA) is 23.1 Å². The molecule has 0 aromatic rings. The predicted octanol–water partition coefficient (Wildman–Crippen LogP) is 3.72. The van der Waals surface area contributed by atoms with E-state index in [1.165, 1.54) is 0 Å². The maximum Gasteiger partial charge on any atom is 0.453 e. The second kappa shape index (κ2) is 7.41. The minimum absolute atomic E-state index is 0.108. The average Bonchev–Trinajstić information content (AvgIpc) is 2.16. The summed E-state index contributed by atoms with van der Waals surface area (Å²) in [5.41, 5.74) is 0. The number of unbranched alkanes of at least 4 members (excludes halogenated alkanes) is 2. The molecular weight excluding hydrogens is 263 g/mol. The van der Waals surface area contributed by atoms with Crippen LogP contribution in [0.3, 0.4) is 0 Å². The van der Waals surface area contributed by atoms with Crippen molar-refractivity contribution in [2.75, 3.05) is 11.5 Å². The molecule has 7 heteroatoms. The third-order valence-corrected chi connectivity index (χ3v) is 3.64. The number of hydrogen-bond acceptors (Lipinski definition) is 1. The Kier molecular flexibility index (Phi) is 7.39. The maximum absolute atomic E-state index is 12.5. The largest absolute Gasteiger partial charge is 0.616 e. The molecule has 0 rings (SSSR count). The molecule has 0 N–H and O–H groups in total. The van der Waals surface area contributed by atoms with Crippen molar-refractivity contribution in [1.82, 2.24) is 0 Å². The molecule has 0 saturated carbocycles. The van der Waals surface area contributed by atoms with Crippen LogP contribution in [0.5, 0.6) is 0 Å². The lowest BCUT2D eigenvalue weighted by molar-refractivity contribution is -0.284. The summed E-state index contributed by atoms with van der Waals surface area (Å²) < 4.78 is 71.4. The summed E-state index contributed by atoms with van der Waals surface area (Å²) in [6.45, 7) is 3.58. The van der Waals surface area contributed by atoms with Gasteiger partial charge in [0.15, 0.2) is 0 Å². The zero-order valence-corrected chi connectivity index (χ0v) is 10.2. The van der Waals surface area contributed by atoms with Crippen molar-refractivity contribution >= 4 is 11.2 Å². The van der Waals surface area contributed by atoms with Gasteiger partial charge in [-0.15, -0.1) is 0 Å². The van der Waals surface area contributed by atoms with E-state index in [1.54, 1.807) is 0 Å². The van der Waals surface area contributed by atoms with Gasteiger partial charge in [-0.05, 0) is 19.3 Å². The summed E-state index contributed by atoms with van der Waals surface area (Å²) in [6, 6.07) is 0. The Morgan fingerprint density at radius 3 is 1.94 bits per heavy atom. The maximum atomic E-state index is 12.5. The van der Waals surface area contributed by atoms with Crippen molar-refractivity contribution < 1.29 is 26.5 Å². The van der Waals surface area contributed by atoms with Crippen molar-refractivity contribution in [2.45, 2.75) is 44.2 Å². The number of alkyl halides is 5. The van der Waals surface area contributed by atoms with E-state index in [4.69, 9.17) is 0 Å². The summed E-state index contributed by atoms with van der Waals surface area (Å²) in [4.78, 5) is 0. The van der Waals surface area contributed by atoms with Crippen LogP contribution in [-0.4, -0.2) is 28.2 Å². The zero-order valence-electron chi connectivity index (χ0n) is 9.36. The van der Waals surface area contributed by atoms with Gasteiger partial charge in [-0.3, -0.25) is 0 Å². The van der Waals surface area contributed by atoms with Crippen LogP contribution >= 0.6 is 0 Å². The van der Waals surface area contributed by atoms with Gasteiger partial charge in [0.2, 0.25) is 0 Å². The lowest BCUT2D eigenvalue weighted by Gasteiger charge is -2.19. The first-order chi connectivity index (χ1) is 7.70. The first-order valence-corrected chi connectivity index (χ1v) is 6.78. The molecule has 0 fully saturated rings. The molecule has 1 nitrogen and oxygen atoms in total. The van der Waals surface area contributed by atoms with Crippen molar-refractivity contribution in [3.8, 4) is 0 Å². The molecule has 1 unspecified atom stereocenters. The first-order valence-electron chi connectivity index (χ1n) is 5.29. The van der Waals surface area contributed by atoms with Gasteiger partial charge in [-0.1, -0.05) is 24.5 Å². The van der Waals surface area contributed by atoms with E-state index in [0.717, 1.165) is 6.42 Å². The second-order valence-electron chi connectivity index (χ2n) is 3.71. The minimum Gasteiger partial charge on any atom is -0.616 e. The highest BCUT2D eigenvalue weighted by atomic mass is 32.2. The molecular formula is C10H16F5OS. The van der Waals surface area contributed by atoms with E-state index in [2.05, 4.69) is 6.92 Å². The van der Waals surface area contributed by atoms with Crippen LogP contribution in [0.2, 0.25) is 0 Å². The van der Waals surface area contributed by atoms with Gasteiger partial charge >= 0.3 is 12.1 Å². The molecule has 103 valence electrons. The molecule has 0 aliphatic carbocycles. The van der Waals surface area contributed by atoms with Crippen LogP contribution < -0.4 is 0 Å². The predicted molar refractivity (Wildman–Crippen MR) is 57.3 cm³/mol. The summed E-state index contributed by atoms with van der Waals surface area (Å²) in [6.07, 6.45) is -5.05. The molecule has 1 radical (unpaired) electrons. The van der Waals surface area contributed by atoms with E-state index < -0.39 is 29.7 Å². The van der Waals surface area contributed by atoms with Crippen molar-refractivity contribution in [3.05, 3.63) is 6.92 Å². The fraction of sp³-hybridized carbons (Fsp3) is 0.900. The number of rotatable bonds is 8. The van der Waals surface area contributed by atoms with Crippen LogP contribution in [0.15, 0.2) is 0 Å². The number of halogens is 5. The van der Waals surface area contributed by atoms with Crippen LogP contribution in [-0.2, 0) is 11.2 Å². The Morgan fingerprint density at radius 2 is 1.47 bits per heavy atom. The Hall–Kier alpha value is -0.0400. The third kappa shape index (κ3) is 7.08. The standard InChI is InChI=1S/C10H16F5OS/c1-2-3-4-7-17(16)8-5-6-9(11,12)10(13,14)15/h1-8H2. The minimum atomic E-state index is -5.51. The van der Waals surface area contributed by atoms with Gasteiger partial charge in [0.25, 0.3) is 0 Å². The lowest BCUT2D eigenvalue weighted by atomic mass is 10.2. The number of hydrogen-bond donors (Lipinski definition) is 0. The van der Waals surface area contributed by atoms with E-state index in [-0.39, 0.29) is 12.2 Å². The zero-order chi connectivity index (χ0) is 13.5. The second-order valence-corrected chi connectivity index (χ2v) is 5.41.